The number of hydrogen-bond acceptors (Lipinski definition) is 8. The maximum absolute atomic E-state index is 14.0. The number of carbonyl (C=O) groups is 1. The molecule has 1 amide bonds. The number of anilines is 2. The zero-order valence-corrected chi connectivity index (χ0v) is 18.6. The molecule has 33 heavy (non-hydrogen) atoms. The van der Waals surface area contributed by atoms with Gasteiger partial charge in [-0.3, -0.25) is 19.5 Å². The molecule has 172 valence electrons. The van der Waals surface area contributed by atoms with Crippen molar-refractivity contribution < 1.29 is 18.8 Å². The number of rotatable bonds is 7. The summed E-state index contributed by atoms with van der Waals surface area (Å²) in [5.41, 5.74) is 1.04. The van der Waals surface area contributed by atoms with Gasteiger partial charge in [0.2, 0.25) is 11.9 Å². The first-order valence-electron chi connectivity index (χ1n) is 10.1. The van der Waals surface area contributed by atoms with Gasteiger partial charge in [-0.05, 0) is 30.3 Å². The van der Waals surface area contributed by atoms with E-state index in [0.717, 1.165) is 0 Å². The van der Waals surface area contributed by atoms with Crippen LogP contribution in [-0.4, -0.2) is 64.7 Å². The molecule has 0 bridgehead atoms. The van der Waals surface area contributed by atoms with Gasteiger partial charge in [0.25, 0.3) is 5.69 Å². The molecular weight excluding hydrogens is 451 g/mol. The van der Waals surface area contributed by atoms with Crippen LogP contribution in [0.3, 0.4) is 0 Å². The number of nitro benzene ring substituents is 1. The maximum atomic E-state index is 14.0. The summed E-state index contributed by atoms with van der Waals surface area (Å²) in [5, 5.41) is 19.8. The van der Waals surface area contributed by atoms with Gasteiger partial charge in [-0.15, -0.1) is 10.2 Å². The summed E-state index contributed by atoms with van der Waals surface area (Å²) in [6.07, 6.45) is 0. The van der Waals surface area contributed by atoms with Crippen LogP contribution >= 0.6 is 11.8 Å². The minimum Gasteiger partial charge on any atom is -0.378 e. The molecule has 1 aromatic heterocycles. The molecule has 0 saturated carbocycles. The Morgan fingerprint density at radius 1 is 1.21 bits per heavy atom. The number of carbonyl (C=O) groups excluding carboxylic acids is 1. The quantitative estimate of drug-likeness (QED) is 0.294. The lowest BCUT2D eigenvalue weighted by atomic mass is 10.2. The first kappa shape index (κ1) is 22.7. The fraction of sp³-hybridized carbons (Fsp3) is 0.286. The summed E-state index contributed by atoms with van der Waals surface area (Å²) >= 11 is 1.18. The molecule has 1 fully saturated rings. The lowest BCUT2D eigenvalue weighted by molar-refractivity contribution is -0.384. The van der Waals surface area contributed by atoms with Crippen LogP contribution in [0.1, 0.15) is 0 Å². The number of nitrogens with zero attached hydrogens (tertiary/aromatic N) is 6. The van der Waals surface area contributed by atoms with Crippen molar-refractivity contribution in [1.82, 2.24) is 14.8 Å². The Morgan fingerprint density at radius 2 is 1.94 bits per heavy atom. The van der Waals surface area contributed by atoms with Crippen molar-refractivity contribution in [3.05, 3.63) is 64.5 Å². The Bertz CT molecular complexity index is 1150. The summed E-state index contributed by atoms with van der Waals surface area (Å²) in [6, 6.07) is 11.8. The van der Waals surface area contributed by atoms with Crippen LogP contribution in [0.5, 0.6) is 0 Å². The number of nitro groups is 1. The van der Waals surface area contributed by atoms with Crippen LogP contribution in [-0.2, 0) is 9.53 Å². The lowest BCUT2D eigenvalue weighted by Gasteiger charge is -2.28. The molecule has 0 N–H and O–H groups in total. The van der Waals surface area contributed by atoms with Crippen LogP contribution < -0.4 is 9.80 Å². The van der Waals surface area contributed by atoms with E-state index in [-0.39, 0.29) is 23.2 Å². The summed E-state index contributed by atoms with van der Waals surface area (Å²) in [5.74, 6) is -0.0125. The highest BCUT2D eigenvalue weighted by Crippen LogP contribution is 2.28. The van der Waals surface area contributed by atoms with Crippen LogP contribution in [0.15, 0.2) is 53.7 Å². The van der Waals surface area contributed by atoms with Gasteiger partial charge in [-0.1, -0.05) is 17.8 Å². The van der Waals surface area contributed by atoms with Gasteiger partial charge in [0, 0.05) is 38.0 Å². The van der Waals surface area contributed by atoms with Gasteiger partial charge >= 0.3 is 0 Å². The molecule has 0 unspecified atom stereocenters. The van der Waals surface area contributed by atoms with Gasteiger partial charge in [0.05, 0.1) is 29.6 Å². The lowest BCUT2D eigenvalue weighted by Crippen LogP contribution is -2.37. The average Bonchev–Trinajstić information content (AvgIpc) is 3.26. The van der Waals surface area contributed by atoms with E-state index < -0.39 is 4.92 Å². The maximum Gasteiger partial charge on any atom is 0.269 e. The number of thioether (sulfide) groups is 1. The average molecular weight is 473 g/mol. The van der Waals surface area contributed by atoms with E-state index in [1.54, 1.807) is 23.7 Å². The van der Waals surface area contributed by atoms with Crippen molar-refractivity contribution >= 4 is 35.0 Å². The minimum atomic E-state index is -0.493. The first-order valence-corrected chi connectivity index (χ1v) is 11.1. The number of ether oxygens (including phenoxy) is 1. The molecule has 0 atom stereocenters. The summed E-state index contributed by atoms with van der Waals surface area (Å²) in [4.78, 5) is 26.5. The fourth-order valence-electron chi connectivity index (χ4n) is 3.33. The Kier molecular flexibility index (Phi) is 6.84. The smallest absolute Gasteiger partial charge is 0.269 e. The topological polar surface area (TPSA) is 107 Å². The highest BCUT2D eigenvalue weighted by molar-refractivity contribution is 7.99. The zero-order valence-electron chi connectivity index (χ0n) is 17.8. The summed E-state index contributed by atoms with van der Waals surface area (Å²) in [6.45, 7) is 2.36. The van der Waals surface area contributed by atoms with Crippen molar-refractivity contribution in [2.45, 2.75) is 5.16 Å². The van der Waals surface area contributed by atoms with Crippen molar-refractivity contribution in [1.29, 1.82) is 0 Å². The molecule has 0 aliphatic carbocycles. The second-order valence-corrected chi connectivity index (χ2v) is 8.15. The number of amides is 1. The Labute approximate surface area is 193 Å². The second kappa shape index (κ2) is 9.96. The molecule has 4 rings (SSSR count). The van der Waals surface area contributed by atoms with Crippen molar-refractivity contribution in [2.24, 2.45) is 0 Å². The number of morpholine rings is 1. The monoisotopic (exact) mass is 472 g/mol. The predicted molar refractivity (Wildman–Crippen MR) is 122 cm³/mol. The molecule has 1 aliphatic heterocycles. The fourth-order valence-corrected chi connectivity index (χ4v) is 4.19. The summed E-state index contributed by atoms with van der Waals surface area (Å²) < 4.78 is 21.1. The number of benzene rings is 2. The normalized spacial score (nSPS) is 13.7. The van der Waals surface area contributed by atoms with Crippen LogP contribution in [0.25, 0.3) is 5.69 Å². The predicted octanol–water partition coefficient (Wildman–Crippen LogP) is 2.91. The van der Waals surface area contributed by atoms with Crippen molar-refractivity contribution in [3.63, 3.8) is 0 Å². The SMILES string of the molecule is CN(C(=O)CSc1nnc(N2CCOCC2)n1-c1cccc(F)c1)c1ccc([N+](=O)[O-])cc1. The summed E-state index contributed by atoms with van der Waals surface area (Å²) in [7, 11) is 1.60. The highest BCUT2D eigenvalue weighted by Gasteiger charge is 2.23. The van der Waals surface area contributed by atoms with E-state index in [1.165, 1.54) is 53.1 Å². The third kappa shape index (κ3) is 5.12. The van der Waals surface area contributed by atoms with E-state index in [4.69, 9.17) is 4.74 Å². The number of aromatic nitrogens is 3. The highest BCUT2D eigenvalue weighted by atomic mass is 32.2. The molecule has 10 nitrogen and oxygen atoms in total. The van der Waals surface area contributed by atoms with Crippen LogP contribution in [0, 0.1) is 15.9 Å². The standard InChI is InChI=1S/C21H21FN6O4S/c1-25(16-5-7-17(8-6-16)28(30)31)19(29)14-33-21-24-23-20(26-9-11-32-12-10-26)27(21)18-4-2-3-15(22)13-18/h2-8,13H,9-12,14H2,1H3. The molecule has 3 aromatic rings. The number of hydrogen-bond donors (Lipinski definition) is 0. The van der Waals surface area contributed by atoms with Crippen LogP contribution in [0.4, 0.5) is 21.7 Å². The van der Waals surface area contributed by atoms with E-state index in [9.17, 15) is 19.3 Å². The minimum absolute atomic E-state index is 0.0457. The molecular formula is C21H21FN6O4S. The Morgan fingerprint density at radius 3 is 2.61 bits per heavy atom. The molecule has 12 heteroatoms. The third-order valence-electron chi connectivity index (χ3n) is 5.12. The molecule has 0 radical (unpaired) electrons. The molecule has 0 spiro atoms. The molecule has 1 saturated heterocycles. The van der Waals surface area contributed by atoms with E-state index in [2.05, 4.69) is 10.2 Å². The van der Waals surface area contributed by atoms with Gasteiger partial charge < -0.3 is 14.5 Å². The first-order chi connectivity index (χ1) is 15.9. The van der Waals surface area contributed by atoms with E-state index in [0.29, 0.717) is 48.8 Å². The molecule has 2 aromatic carbocycles. The van der Waals surface area contributed by atoms with Gasteiger partial charge in [0.15, 0.2) is 5.16 Å². The second-order valence-electron chi connectivity index (χ2n) is 7.21. The number of halogens is 1. The van der Waals surface area contributed by atoms with E-state index in [1.807, 2.05) is 4.90 Å². The van der Waals surface area contributed by atoms with Gasteiger partial charge in [-0.2, -0.15) is 0 Å². The van der Waals surface area contributed by atoms with E-state index >= 15 is 0 Å². The zero-order chi connectivity index (χ0) is 23.4. The Balaban J connectivity index is 1.54. The third-order valence-corrected chi connectivity index (χ3v) is 6.04. The Hall–Kier alpha value is -3.51. The van der Waals surface area contributed by atoms with Crippen molar-refractivity contribution in [3.8, 4) is 5.69 Å². The van der Waals surface area contributed by atoms with Gasteiger partial charge in [-0.25, -0.2) is 4.39 Å². The largest absolute Gasteiger partial charge is 0.378 e. The van der Waals surface area contributed by atoms with Crippen molar-refractivity contribution in [2.75, 3.05) is 48.9 Å². The molecule has 1 aliphatic rings. The van der Waals surface area contributed by atoms with Crippen LogP contribution in [0.2, 0.25) is 0 Å². The number of non-ortho nitro benzene ring substituents is 1. The van der Waals surface area contributed by atoms with Gasteiger partial charge in [0.1, 0.15) is 5.82 Å². The molecule has 2 heterocycles.